The van der Waals surface area contributed by atoms with Gasteiger partial charge in [0.2, 0.25) is 5.95 Å². The van der Waals surface area contributed by atoms with Gasteiger partial charge in [-0.15, -0.1) is 16.4 Å². The molecular formula is C22H16ClFN8O3S. The Morgan fingerprint density at radius 2 is 2.08 bits per heavy atom. The van der Waals surface area contributed by atoms with Crippen LogP contribution in [0.1, 0.15) is 32.8 Å². The number of rotatable bonds is 5. The van der Waals surface area contributed by atoms with Crippen molar-refractivity contribution in [2.24, 2.45) is 0 Å². The van der Waals surface area contributed by atoms with Gasteiger partial charge in [-0.1, -0.05) is 11.6 Å². The van der Waals surface area contributed by atoms with Gasteiger partial charge in [0.05, 0.1) is 22.3 Å². The lowest BCUT2D eigenvalue weighted by Gasteiger charge is -2.23. The monoisotopic (exact) mass is 526 g/mol. The molecule has 0 fully saturated rings. The second-order valence-electron chi connectivity index (χ2n) is 8.21. The molecular weight excluding hydrogens is 511 g/mol. The molecule has 0 aliphatic carbocycles. The summed E-state index contributed by atoms with van der Waals surface area (Å²) in [6.45, 7) is 0. The van der Waals surface area contributed by atoms with Gasteiger partial charge >= 0.3 is 5.97 Å². The van der Waals surface area contributed by atoms with Crippen LogP contribution in [-0.2, 0) is 6.42 Å². The van der Waals surface area contributed by atoms with Crippen LogP contribution in [0.3, 0.4) is 0 Å². The van der Waals surface area contributed by atoms with Gasteiger partial charge in [0.1, 0.15) is 28.9 Å². The van der Waals surface area contributed by atoms with E-state index in [-0.39, 0.29) is 16.1 Å². The van der Waals surface area contributed by atoms with E-state index >= 15 is 0 Å². The number of nitrogens with zero attached hydrogens (tertiary/aromatic N) is 6. The molecule has 36 heavy (non-hydrogen) atoms. The summed E-state index contributed by atoms with van der Waals surface area (Å²) < 4.78 is 17.8. The molecule has 6 rings (SSSR count). The van der Waals surface area contributed by atoms with Gasteiger partial charge < -0.3 is 15.7 Å². The number of carbonyl (C=O) groups is 1. The second-order valence-corrected chi connectivity index (χ2v) is 9.73. The van der Waals surface area contributed by atoms with E-state index in [0.717, 1.165) is 11.3 Å². The summed E-state index contributed by atoms with van der Waals surface area (Å²) in [5.74, 6) is -1.11. The Labute approximate surface area is 210 Å². The Balaban J connectivity index is 1.32. The van der Waals surface area contributed by atoms with Crippen LogP contribution in [0.25, 0.3) is 22.6 Å². The molecule has 182 valence electrons. The summed E-state index contributed by atoms with van der Waals surface area (Å²) in [7, 11) is 0. The molecule has 1 unspecified atom stereocenters. The molecule has 0 bridgehead atoms. The number of carboxylic acid groups (broad SMARTS) is 1. The molecule has 5 heterocycles. The molecule has 0 saturated carbocycles. The molecule has 0 amide bonds. The number of tetrazole rings is 1. The van der Waals surface area contributed by atoms with Crippen molar-refractivity contribution in [1.29, 1.82) is 0 Å². The first-order valence-corrected chi connectivity index (χ1v) is 12.0. The fourth-order valence-corrected chi connectivity index (χ4v) is 5.56. The molecule has 2 atom stereocenters. The number of aromatic carboxylic acids is 1. The SMILES string of the molecule is O=C(O)c1ccc(C2=C(F)NC([C@@H]3CCc4nc(-c5cc(Cl)ccc5-n5cnnn5)cc(=O)n43)N2)s1. The number of thiophene rings is 1. The first kappa shape index (κ1) is 22.4. The lowest BCUT2D eigenvalue weighted by Crippen LogP contribution is -2.43. The van der Waals surface area contributed by atoms with Crippen LogP contribution in [0.15, 0.2) is 53.5 Å². The number of nitrogens with one attached hydrogen (secondary N) is 2. The Morgan fingerprint density at radius 3 is 2.83 bits per heavy atom. The number of benzene rings is 1. The van der Waals surface area contributed by atoms with Crippen molar-refractivity contribution in [3.8, 4) is 16.9 Å². The Kier molecular flexibility index (Phi) is 5.30. The average molecular weight is 527 g/mol. The number of aryl methyl sites for hydroxylation is 1. The molecule has 4 aromatic rings. The molecule has 2 aliphatic heterocycles. The predicted octanol–water partition coefficient (Wildman–Crippen LogP) is 2.60. The van der Waals surface area contributed by atoms with Gasteiger partial charge in [0.15, 0.2) is 0 Å². The van der Waals surface area contributed by atoms with Gasteiger partial charge in [0, 0.05) is 23.1 Å². The smallest absolute Gasteiger partial charge is 0.345 e. The quantitative estimate of drug-likeness (QED) is 0.335. The third-order valence-electron chi connectivity index (χ3n) is 6.10. The first-order valence-electron chi connectivity index (χ1n) is 10.8. The number of hydrogen-bond donors (Lipinski definition) is 3. The molecule has 1 aromatic carbocycles. The van der Waals surface area contributed by atoms with Crippen LogP contribution in [0.5, 0.6) is 0 Å². The van der Waals surface area contributed by atoms with Crippen LogP contribution in [0.2, 0.25) is 5.02 Å². The maximum absolute atomic E-state index is 14.8. The van der Waals surface area contributed by atoms with Gasteiger partial charge in [0.25, 0.3) is 5.56 Å². The summed E-state index contributed by atoms with van der Waals surface area (Å²) in [6.07, 6.45) is 1.89. The van der Waals surface area contributed by atoms with Crippen LogP contribution in [0.4, 0.5) is 4.39 Å². The molecule has 3 aromatic heterocycles. The predicted molar refractivity (Wildman–Crippen MR) is 128 cm³/mol. The molecule has 11 nitrogen and oxygen atoms in total. The summed E-state index contributed by atoms with van der Waals surface area (Å²) in [6, 6.07) is 9.12. The van der Waals surface area contributed by atoms with E-state index in [0.29, 0.717) is 45.5 Å². The lowest BCUT2D eigenvalue weighted by atomic mass is 10.1. The van der Waals surface area contributed by atoms with Crippen molar-refractivity contribution < 1.29 is 14.3 Å². The highest BCUT2D eigenvalue weighted by molar-refractivity contribution is 7.15. The van der Waals surface area contributed by atoms with Crippen molar-refractivity contribution in [2.75, 3.05) is 0 Å². The maximum atomic E-state index is 14.8. The minimum absolute atomic E-state index is 0.108. The highest BCUT2D eigenvalue weighted by Gasteiger charge is 2.37. The normalized spacial score (nSPS) is 18.7. The summed E-state index contributed by atoms with van der Waals surface area (Å²) in [4.78, 5) is 29.8. The number of halogens is 2. The van der Waals surface area contributed by atoms with Crippen molar-refractivity contribution in [1.82, 2.24) is 40.4 Å². The van der Waals surface area contributed by atoms with Crippen molar-refractivity contribution in [3.05, 3.63) is 79.6 Å². The topological polar surface area (TPSA) is 140 Å². The zero-order valence-corrected chi connectivity index (χ0v) is 19.8. The molecule has 0 spiro atoms. The van der Waals surface area contributed by atoms with E-state index in [2.05, 4.69) is 26.2 Å². The number of aromatic nitrogens is 6. The zero-order chi connectivity index (χ0) is 25.0. The number of hydrogen-bond acceptors (Lipinski definition) is 9. The van der Waals surface area contributed by atoms with Crippen molar-refractivity contribution in [2.45, 2.75) is 25.0 Å². The van der Waals surface area contributed by atoms with E-state index in [4.69, 9.17) is 21.7 Å². The van der Waals surface area contributed by atoms with Crippen molar-refractivity contribution in [3.63, 3.8) is 0 Å². The summed E-state index contributed by atoms with van der Waals surface area (Å²) >= 11 is 7.20. The highest BCUT2D eigenvalue weighted by Crippen LogP contribution is 2.34. The fraction of sp³-hybridized carbons (Fsp3) is 0.182. The Hall–Kier alpha value is -4.10. The maximum Gasteiger partial charge on any atom is 0.345 e. The van der Waals surface area contributed by atoms with E-state index in [9.17, 15) is 14.0 Å². The van der Waals surface area contributed by atoms with E-state index < -0.39 is 24.1 Å². The third kappa shape index (κ3) is 3.72. The van der Waals surface area contributed by atoms with E-state index in [1.807, 2.05) is 0 Å². The van der Waals surface area contributed by atoms with Crippen LogP contribution >= 0.6 is 22.9 Å². The average Bonchev–Trinajstić information content (AvgIpc) is 3.64. The van der Waals surface area contributed by atoms with Crippen LogP contribution < -0.4 is 16.2 Å². The van der Waals surface area contributed by atoms with Gasteiger partial charge in [-0.2, -0.15) is 9.07 Å². The lowest BCUT2D eigenvalue weighted by molar-refractivity contribution is 0.0702. The van der Waals surface area contributed by atoms with Crippen LogP contribution in [0, 0.1) is 0 Å². The van der Waals surface area contributed by atoms with E-state index in [1.54, 1.807) is 28.8 Å². The zero-order valence-electron chi connectivity index (χ0n) is 18.2. The third-order valence-corrected chi connectivity index (χ3v) is 7.43. The fourth-order valence-electron chi connectivity index (χ4n) is 4.54. The van der Waals surface area contributed by atoms with Crippen molar-refractivity contribution >= 4 is 34.6 Å². The van der Waals surface area contributed by atoms with Gasteiger partial charge in [-0.05, 0) is 47.2 Å². The molecule has 3 N–H and O–H groups in total. The number of fused-ring (bicyclic) bond motifs is 1. The largest absolute Gasteiger partial charge is 0.477 e. The molecule has 0 radical (unpaired) electrons. The Morgan fingerprint density at radius 1 is 1.22 bits per heavy atom. The standard InChI is InChI=1S/C22H16ClFN8O3S/c23-10-1-2-13(31-9-25-29-30-31)11(7-10)12-8-18(33)32-14(3-6-17(32)26-12)21-27-19(20(24)28-21)15-4-5-16(36-15)22(34)35/h1-2,4-5,7-9,14,21,27-28H,3,6H2,(H,34,35)/t14-,21?/m0/s1. The second kappa shape index (κ2) is 8.53. The molecule has 14 heteroatoms. The Bertz CT molecular complexity index is 1600. The van der Waals surface area contributed by atoms with Gasteiger partial charge in [-0.25, -0.2) is 9.78 Å². The van der Waals surface area contributed by atoms with Gasteiger partial charge in [-0.3, -0.25) is 9.36 Å². The first-order chi connectivity index (χ1) is 17.4. The molecule has 0 saturated heterocycles. The minimum atomic E-state index is -1.07. The summed E-state index contributed by atoms with van der Waals surface area (Å²) in [5.41, 5.74) is 1.52. The van der Waals surface area contributed by atoms with E-state index in [1.165, 1.54) is 23.1 Å². The van der Waals surface area contributed by atoms with Crippen LogP contribution in [-0.4, -0.2) is 47.0 Å². The molecule has 2 aliphatic rings. The highest BCUT2D eigenvalue weighted by atomic mass is 35.5. The number of carboxylic acids is 1. The minimum Gasteiger partial charge on any atom is -0.477 e. The summed E-state index contributed by atoms with van der Waals surface area (Å²) in [5, 5.41) is 26.7.